The van der Waals surface area contributed by atoms with Crippen molar-refractivity contribution in [2.45, 2.75) is 43.1 Å². The van der Waals surface area contributed by atoms with E-state index in [9.17, 15) is 9.59 Å². The van der Waals surface area contributed by atoms with Crippen LogP contribution in [0.3, 0.4) is 0 Å². The third-order valence-corrected chi connectivity index (χ3v) is 3.74. The molecule has 2 N–H and O–H groups in total. The number of hydrogen-bond acceptors (Lipinski definition) is 3. The maximum absolute atomic E-state index is 11.3. The second kappa shape index (κ2) is 6.00. The lowest BCUT2D eigenvalue weighted by Crippen LogP contribution is -2.23. The molecule has 86 valence electrons. The summed E-state index contributed by atoms with van der Waals surface area (Å²) in [6.45, 7) is 2.66. The lowest BCUT2D eigenvalue weighted by atomic mass is 10.2. The summed E-state index contributed by atoms with van der Waals surface area (Å²) < 4.78 is 0. The van der Waals surface area contributed by atoms with E-state index in [-0.39, 0.29) is 22.8 Å². The fourth-order valence-corrected chi connectivity index (χ4v) is 3.12. The van der Waals surface area contributed by atoms with E-state index >= 15 is 0 Å². The van der Waals surface area contributed by atoms with Gasteiger partial charge in [0.15, 0.2) is 0 Å². The molecule has 0 aromatic carbocycles. The molecule has 0 aromatic rings. The first-order valence-corrected chi connectivity index (χ1v) is 6.16. The molecule has 1 fully saturated rings. The number of carbonyl (C=O) groups is 2. The number of amides is 1. The van der Waals surface area contributed by atoms with Crippen LogP contribution in [0, 0.1) is 0 Å². The van der Waals surface area contributed by atoms with Gasteiger partial charge in [0.2, 0.25) is 5.91 Å². The Morgan fingerprint density at radius 2 is 2.47 bits per heavy atom. The van der Waals surface area contributed by atoms with Crippen LogP contribution >= 0.6 is 11.8 Å². The van der Waals surface area contributed by atoms with Crippen molar-refractivity contribution in [2.75, 3.05) is 6.54 Å². The summed E-state index contributed by atoms with van der Waals surface area (Å²) in [5, 5.41) is 11.8. The van der Waals surface area contributed by atoms with Crippen molar-refractivity contribution in [2.24, 2.45) is 0 Å². The lowest BCUT2D eigenvalue weighted by molar-refractivity contribution is -0.136. The predicted molar refractivity (Wildman–Crippen MR) is 60.0 cm³/mol. The number of carboxylic acids is 1. The maximum Gasteiger partial charge on any atom is 0.304 e. The largest absolute Gasteiger partial charge is 0.481 e. The third kappa shape index (κ3) is 5.06. The molecule has 2 atom stereocenters. The van der Waals surface area contributed by atoms with E-state index in [4.69, 9.17) is 5.11 Å². The lowest BCUT2D eigenvalue weighted by Gasteiger charge is -2.16. The van der Waals surface area contributed by atoms with Crippen molar-refractivity contribution in [3.05, 3.63) is 0 Å². The molecule has 2 unspecified atom stereocenters. The van der Waals surface area contributed by atoms with Crippen LogP contribution in [-0.2, 0) is 9.59 Å². The molecule has 0 radical (unpaired) electrons. The van der Waals surface area contributed by atoms with Crippen LogP contribution < -0.4 is 5.32 Å². The third-order valence-electron chi connectivity index (χ3n) is 2.32. The number of carbonyl (C=O) groups excluding carboxylic acids is 1. The minimum atomic E-state index is -0.770. The van der Waals surface area contributed by atoms with Crippen LogP contribution in [0.15, 0.2) is 0 Å². The molecule has 1 heterocycles. The first kappa shape index (κ1) is 12.4. The Balaban J connectivity index is 2.35. The second-order valence-corrected chi connectivity index (χ2v) is 5.61. The Bertz CT molecular complexity index is 245. The van der Waals surface area contributed by atoms with Crippen LogP contribution in [0.2, 0.25) is 0 Å². The van der Waals surface area contributed by atoms with Crippen molar-refractivity contribution in [1.82, 2.24) is 5.32 Å². The molecular weight excluding hydrogens is 214 g/mol. The van der Waals surface area contributed by atoms with Gasteiger partial charge in [-0.3, -0.25) is 9.59 Å². The van der Waals surface area contributed by atoms with E-state index in [0.29, 0.717) is 6.42 Å². The van der Waals surface area contributed by atoms with E-state index in [1.807, 2.05) is 6.92 Å². The molecule has 0 spiro atoms. The number of aliphatic carboxylic acids is 1. The van der Waals surface area contributed by atoms with Gasteiger partial charge in [0.1, 0.15) is 0 Å². The minimum Gasteiger partial charge on any atom is -0.481 e. The van der Waals surface area contributed by atoms with Crippen molar-refractivity contribution in [3.63, 3.8) is 0 Å². The number of hydrogen-bond donors (Lipinski definition) is 2. The average Bonchev–Trinajstić information content (AvgIpc) is 2.28. The van der Waals surface area contributed by atoms with Gasteiger partial charge in [-0.2, -0.15) is 11.8 Å². The van der Waals surface area contributed by atoms with Gasteiger partial charge in [-0.15, -0.1) is 0 Å². The Morgan fingerprint density at radius 1 is 1.73 bits per heavy atom. The Kier molecular flexibility index (Phi) is 4.94. The van der Waals surface area contributed by atoms with E-state index in [1.54, 1.807) is 11.8 Å². The Hall–Kier alpha value is -0.710. The van der Waals surface area contributed by atoms with E-state index in [0.717, 1.165) is 19.4 Å². The molecule has 0 bridgehead atoms. The average molecular weight is 231 g/mol. The summed E-state index contributed by atoms with van der Waals surface area (Å²) in [5.41, 5.74) is 0. The standard InChI is InChI=1S/C10H17NO3S/c1-7(5-10(13)14)15-8-3-2-4-11-9(12)6-8/h7-8H,2-6H2,1H3,(H,11,12)(H,13,14). The van der Waals surface area contributed by atoms with Crippen LogP contribution in [0.25, 0.3) is 0 Å². The Labute approximate surface area is 93.8 Å². The van der Waals surface area contributed by atoms with Crippen molar-refractivity contribution in [3.8, 4) is 0 Å². The smallest absolute Gasteiger partial charge is 0.304 e. The van der Waals surface area contributed by atoms with Gasteiger partial charge in [0, 0.05) is 23.5 Å². The molecule has 5 heteroatoms. The summed E-state index contributed by atoms with van der Waals surface area (Å²) in [4.78, 5) is 21.7. The highest BCUT2D eigenvalue weighted by atomic mass is 32.2. The van der Waals surface area contributed by atoms with Gasteiger partial charge in [-0.05, 0) is 12.8 Å². The number of nitrogens with one attached hydrogen (secondary N) is 1. The van der Waals surface area contributed by atoms with E-state index in [2.05, 4.69) is 5.32 Å². The minimum absolute atomic E-state index is 0.0819. The van der Waals surface area contributed by atoms with Crippen LogP contribution in [0.1, 0.15) is 32.6 Å². The second-order valence-electron chi connectivity index (χ2n) is 3.86. The van der Waals surface area contributed by atoms with Crippen LogP contribution in [-0.4, -0.2) is 34.0 Å². The summed E-state index contributed by atoms with van der Waals surface area (Å²) in [6.07, 6.45) is 2.67. The molecule has 1 rings (SSSR count). The van der Waals surface area contributed by atoms with E-state index in [1.165, 1.54) is 0 Å². The highest BCUT2D eigenvalue weighted by Gasteiger charge is 2.20. The quantitative estimate of drug-likeness (QED) is 0.764. The predicted octanol–water partition coefficient (Wildman–Crippen LogP) is 1.25. The molecular formula is C10H17NO3S. The highest BCUT2D eigenvalue weighted by Crippen LogP contribution is 2.27. The summed E-state index contributed by atoms with van der Waals surface area (Å²) in [7, 11) is 0. The van der Waals surface area contributed by atoms with Gasteiger partial charge in [-0.1, -0.05) is 6.92 Å². The zero-order valence-corrected chi connectivity index (χ0v) is 9.68. The first-order chi connectivity index (χ1) is 7.08. The number of rotatable bonds is 4. The van der Waals surface area contributed by atoms with Gasteiger partial charge in [0.25, 0.3) is 0 Å². The maximum atomic E-state index is 11.3. The molecule has 1 saturated heterocycles. The molecule has 0 aromatic heterocycles. The van der Waals surface area contributed by atoms with Crippen molar-refractivity contribution in [1.29, 1.82) is 0 Å². The molecule has 0 saturated carbocycles. The fourth-order valence-electron chi connectivity index (χ4n) is 1.68. The normalized spacial score (nSPS) is 24.1. The zero-order chi connectivity index (χ0) is 11.3. The molecule has 1 aliphatic rings. The number of thioether (sulfide) groups is 1. The molecule has 1 aliphatic heterocycles. The number of carboxylic acid groups (broad SMARTS) is 1. The van der Waals surface area contributed by atoms with Crippen molar-refractivity contribution < 1.29 is 14.7 Å². The van der Waals surface area contributed by atoms with Gasteiger partial charge < -0.3 is 10.4 Å². The Morgan fingerprint density at radius 3 is 3.13 bits per heavy atom. The summed E-state index contributed by atoms with van der Waals surface area (Å²) in [6, 6.07) is 0. The first-order valence-electron chi connectivity index (χ1n) is 5.22. The molecule has 4 nitrogen and oxygen atoms in total. The topological polar surface area (TPSA) is 66.4 Å². The summed E-state index contributed by atoms with van der Waals surface area (Å²) in [5.74, 6) is -0.680. The molecule has 1 amide bonds. The van der Waals surface area contributed by atoms with Crippen LogP contribution in [0.5, 0.6) is 0 Å². The molecule has 15 heavy (non-hydrogen) atoms. The van der Waals surface area contributed by atoms with Gasteiger partial charge >= 0.3 is 5.97 Å². The highest BCUT2D eigenvalue weighted by molar-refractivity contribution is 8.00. The SMILES string of the molecule is CC(CC(=O)O)SC1CCCNC(=O)C1. The van der Waals surface area contributed by atoms with Crippen molar-refractivity contribution >= 4 is 23.6 Å². The fraction of sp³-hybridized carbons (Fsp3) is 0.800. The van der Waals surface area contributed by atoms with E-state index < -0.39 is 5.97 Å². The molecule has 0 aliphatic carbocycles. The van der Waals surface area contributed by atoms with Gasteiger partial charge in [-0.25, -0.2) is 0 Å². The summed E-state index contributed by atoms with van der Waals surface area (Å²) >= 11 is 1.62. The van der Waals surface area contributed by atoms with Crippen LogP contribution in [0.4, 0.5) is 0 Å². The zero-order valence-electron chi connectivity index (χ0n) is 8.86. The monoisotopic (exact) mass is 231 g/mol. The van der Waals surface area contributed by atoms with Gasteiger partial charge in [0.05, 0.1) is 6.42 Å².